The molecule has 5 nitrogen and oxygen atoms in total. The van der Waals surface area contributed by atoms with E-state index in [1.54, 1.807) is 0 Å². The Hall–Kier alpha value is -1.40. The van der Waals surface area contributed by atoms with Gasteiger partial charge in [-0.3, -0.25) is 0 Å². The number of primary amides is 1. The van der Waals surface area contributed by atoms with E-state index in [1.165, 1.54) is 11.3 Å². The standard InChI is InChI=1S/C9H10N2O3S/c10-8(12)14-9-11-7(5-15-9)6-1-3-13-4-2-6/h1,5H,2-4H2,(H2,10,12). The minimum absolute atomic E-state index is 0.282. The maximum atomic E-state index is 10.5. The van der Waals surface area contributed by atoms with E-state index >= 15 is 0 Å². The molecule has 6 heteroatoms. The SMILES string of the molecule is NC(=O)Oc1nc(C2=CCOCC2)cs1. The summed E-state index contributed by atoms with van der Waals surface area (Å²) in [6.45, 7) is 1.31. The highest BCUT2D eigenvalue weighted by Gasteiger charge is 2.11. The summed E-state index contributed by atoms with van der Waals surface area (Å²) in [6.07, 6.45) is 1.98. The van der Waals surface area contributed by atoms with Gasteiger partial charge < -0.3 is 15.2 Å². The van der Waals surface area contributed by atoms with Crippen molar-refractivity contribution in [3.05, 3.63) is 17.2 Å². The van der Waals surface area contributed by atoms with Crippen LogP contribution >= 0.6 is 11.3 Å². The number of ether oxygens (including phenoxy) is 2. The lowest BCUT2D eigenvalue weighted by atomic mass is 10.1. The molecule has 2 heterocycles. The fourth-order valence-electron chi connectivity index (χ4n) is 1.30. The van der Waals surface area contributed by atoms with Crippen LogP contribution in [0.2, 0.25) is 0 Å². The molecule has 1 aromatic heterocycles. The van der Waals surface area contributed by atoms with Gasteiger partial charge in [0.25, 0.3) is 5.19 Å². The number of aromatic nitrogens is 1. The Morgan fingerprint density at radius 2 is 2.53 bits per heavy atom. The minimum atomic E-state index is -0.836. The minimum Gasteiger partial charge on any atom is -0.381 e. The van der Waals surface area contributed by atoms with E-state index in [0.717, 1.165) is 17.7 Å². The summed E-state index contributed by atoms with van der Waals surface area (Å²) in [4.78, 5) is 14.6. The van der Waals surface area contributed by atoms with Crippen LogP contribution < -0.4 is 10.5 Å². The summed E-state index contributed by atoms with van der Waals surface area (Å²) in [5.41, 5.74) is 6.84. The van der Waals surface area contributed by atoms with Crippen molar-refractivity contribution in [2.24, 2.45) is 5.73 Å². The summed E-state index contributed by atoms with van der Waals surface area (Å²) in [6, 6.07) is 0. The van der Waals surface area contributed by atoms with Crippen molar-refractivity contribution >= 4 is 23.0 Å². The lowest BCUT2D eigenvalue weighted by Gasteiger charge is -2.10. The predicted molar refractivity (Wildman–Crippen MR) is 55.7 cm³/mol. The van der Waals surface area contributed by atoms with Gasteiger partial charge >= 0.3 is 6.09 Å². The molecule has 1 aliphatic heterocycles. The largest absolute Gasteiger partial charge is 0.411 e. The van der Waals surface area contributed by atoms with Gasteiger partial charge in [0.15, 0.2) is 0 Å². The van der Waals surface area contributed by atoms with Crippen molar-refractivity contribution in [2.45, 2.75) is 6.42 Å². The second-order valence-corrected chi connectivity index (χ2v) is 3.79. The van der Waals surface area contributed by atoms with Crippen LogP contribution in [0.1, 0.15) is 12.1 Å². The van der Waals surface area contributed by atoms with Crippen molar-refractivity contribution in [3.63, 3.8) is 0 Å². The van der Waals surface area contributed by atoms with Gasteiger partial charge in [0, 0.05) is 5.38 Å². The highest BCUT2D eigenvalue weighted by molar-refractivity contribution is 7.11. The normalized spacial score (nSPS) is 15.9. The predicted octanol–water partition coefficient (Wildman–Crippen LogP) is 1.40. The molecule has 1 aliphatic rings. The van der Waals surface area contributed by atoms with E-state index in [9.17, 15) is 4.79 Å². The number of amides is 1. The lowest BCUT2D eigenvalue weighted by molar-refractivity contribution is 0.161. The van der Waals surface area contributed by atoms with Gasteiger partial charge in [-0.1, -0.05) is 17.4 Å². The smallest absolute Gasteiger partial charge is 0.381 e. The average molecular weight is 226 g/mol. The molecule has 2 N–H and O–H groups in total. The summed E-state index contributed by atoms with van der Waals surface area (Å²) in [5, 5.41) is 2.12. The molecule has 0 aromatic carbocycles. The summed E-state index contributed by atoms with van der Waals surface area (Å²) < 4.78 is 9.86. The number of rotatable bonds is 2. The molecule has 1 aromatic rings. The number of nitrogens with two attached hydrogens (primary N) is 1. The van der Waals surface area contributed by atoms with Crippen LogP contribution in [0.25, 0.3) is 5.57 Å². The monoisotopic (exact) mass is 226 g/mol. The van der Waals surface area contributed by atoms with E-state index < -0.39 is 6.09 Å². The number of thiazole rings is 1. The zero-order chi connectivity index (χ0) is 10.7. The van der Waals surface area contributed by atoms with E-state index in [0.29, 0.717) is 13.2 Å². The molecule has 2 rings (SSSR count). The Labute approximate surface area is 90.5 Å². The van der Waals surface area contributed by atoms with E-state index in [-0.39, 0.29) is 5.19 Å². The fraction of sp³-hybridized carbons (Fsp3) is 0.333. The maximum absolute atomic E-state index is 10.5. The first kappa shape index (κ1) is 10.1. The van der Waals surface area contributed by atoms with Gasteiger partial charge in [-0.2, -0.15) is 0 Å². The summed E-state index contributed by atoms with van der Waals surface area (Å²) >= 11 is 1.26. The molecular formula is C9H10N2O3S. The molecule has 0 fully saturated rings. The van der Waals surface area contributed by atoms with Crippen LogP contribution in [0, 0.1) is 0 Å². The number of carbonyl (C=O) groups is 1. The Morgan fingerprint density at radius 3 is 3.20 bits per heavy atom. The van der Waals surface area contributed by atoms with Crippen LogP contribution in [0.5, 0.6) is 5.19 Å². The number of nitrogens with zero attached hydrogens (tertiary/aromatic N) is 1. The third-order valence-electron chi connectivity index (χ3n) is 1.96. The van der Waals surface area contributed by atoms with Gasteiger partial charge in [-0.05, 0) is 12.0 Å². The Morgan fingerprint density at radius 1 is 1.67 bits per heavy atom. The van der Waals surface area contributed by atoms with Crippen LogP contribution in [-0.2, 0) is 4.74 Å². The van der Waals surface area contributed by atoms with Crippen LogP contribution in [0.4, 0.5) is 4.79 Å². The first-order valence-corrected chi connectivity index (χ1v) is 5.33. The Balaban J connectivity index is 2.12. The Bertz CT molecular complexity index is 400. The van der Waals surface area contributed by atoms with Crippen LogP contribution in [0.15, 0.2) is 11.5 Å². The van der Waals surface area contributed by atoms with E-state index in [1.807, 2.05) is 11.5 Å². The molecule has 80 valence electrons. The maximum Gasteiger partial charge on any atom is 0.411 e. The first-order chi connectivity index (χ1) is 7.25. The molecule has 15 heavy (non-hydrogen) atoms. The topological polar surface area (TPSA) is 74.4 Å². The van der Waals surface area contributed by atoms with Crippen LogP contribution in [0.3, 0.4) is 0 Å². The first-order valence-electron chi connectivity index (χ1n) is 4.45. The molecule has 0 aliphatic carbocycles. The van der Waals surface area contributed by atoms with E-state index in [4.69, 9.17) is 10.5 Å². The third-order valence-corrected chi connectivity index (χ3v) is 2.68. The average Bonchev–Trinajstić information content (AvgIpc) is 2.67. The molecular weight excluding hydrogens is 216 g/mol. The van der Waals surface area contributed by atoms with Gasteiger partial charge in [0.05, 0.1) is 18.9 Å². The van der Waals surface area contributed by atoms with Crippen molar-refractivity contribution in [1.29, 1.82) is 0 Å². The fourth-order valence-corrected chi connectivity index (χ4v) is 2.00. The zero-order valence-electron chi connectivity index (χ0n) is 7.93. The zero-order valence-corrected chi connectivity index (χ0v) is 8.75. The quantitative estimate of drug-likeness (QED) is 0.827. The summed E-state index contributed by atoms with van der Waals surface area (Å²) in [7, 11) is 0. The molecule has 0 spiro atoms. The molecule has 0 radical (unpaired) electrons. The number of hydrogen-bond donors (Lipinski definition) is 1. The second-order valence-electron chi connectivity index (χ2n) is 2.97. The molecule has 0 unspecified atom stereocenters. The van der Waals surface area contributed by atoms with Gasteiger partial charge in [-0.25, -0.2) is 9.78 Å². The van der Waals surface area contributed by atoms with Crippen LogP contribution in [-0.4, -0.2) is 24.3 Å². The Kier molecular flexibility index (Phi) is 2.98. The van der Waals surface area contributed by atoms with Crippen molar-refractivity contribution in [2.75, 3.05) is 13.2 Å². The van der Waals surface area contributed by atoms with Crippen molar-refractivity contribution in [1.82, 2.24) is 4.98 Å². The molecule has 0 bridgehead atoms. The third kappa shape index (κ3) is 2.54. The molecule has 0 saturated carbocycles. The van der Waals surface area contributed by atoms with Crippen molar-refractivity contribution < 1.29 is 14.3 Å². The lowest BCUT2D eigenvalue weighted by Crippen LogP contribution is -2.16. The number of hydrogen-bond acceptors (Lipinski definition) is 5. The van der Waals surface area contributed by atoms with Gasteiger partial charge in [-0.15, -0.1) is 0 Å². The second kappa shape index (κ2) is 4.41. The molecule has 0 saturated heterocycles. The highest BCUT2D eigenvalue weighted by atomic mass is 32.1. The van der Waals surface area contributed by atoms with E-state index in [2.05, 4.69) is 9.72 Å². The molecule has 0 atom stereocenters. The van der Waals surface area contributed by atoms with Gasteiger partial charge in [0.1, 0.15) is 0 Å². The molecule has 1 amide bonds. The van der Waals surface area contributed by atoms with Crippen molar-refractivity contribution in [3.8, 4) is 5.19 Å². The van der Waals surface area contributed by atoms with Gasteiger partial charge in [0.2, 0.25) is 0 Å². The summed E-state index contributed by atoms with van der Waals surface area (Å²) in [5.74, 6) is 0. The number of carbonyl (C=O) groups excluding carboxylic acids is 1. The highest BCUT2D eigenvalue weighted by Crippen LogP contribution is 2.26.